The molecule has 1 aromatic heterocycles. The molecule has 2 rings (SSSR count). The van der Waals surface area contributed by atoms with E-state index in [4.69, 9.17) is 0 Å². The van der Waals surface area contributed by atoms with E-state index >= 15 is 0 Å². The van der Waals surface area contributed by atoms with Gasteiger partial charge < -0.3 is 0 Å². The summed E-state index contributed by atoms with van der Waals surface area (Å²) in [6.07, 6.45) is 6.41. The molecule has 0 bridgehead atoms. The van der Waals surface area contributed by atoms with Crippen molar-refractivity contribution in [2.24, 2.45) is 0 Å². The highest BCUT2D eigenvalue weighted by Crippen LogP contribution is 2.29. The smallest absolute Gasteiger partial charge is 0.299 e. The molecule has 2 heterocycles. The molecule has 0 amide bonds. The second-order valence-corrected chi connectivity index (χ2v) is 3.67. The second-order valence-electron chi connectivity index (χ2n) is 3.67. The Morgan fingerprint density at radius 3 is 2.56 bits per heavy atom. The van der Waals surface area contributed by atoms with Gasteiger partial charge in [0.05, 0.1) is 0 Å². The van der Waals surface area contributed by atoms with Gasteiger partial charge in [0, 0.05) is 18.4 Å². The molecule has 0 aromatic carbocycles. The van der Waals surface area contributed by atoms with Crippen LogP contribution in [0.4, 0.5) is 13.2 Å². The normalized spacial score (nSPS) is 20.7. The fourth-order valence-corrected chi connectivity index (χ4v) is 1.90. The second kappa shape index (κ2) is 6.48. The Labute approximate surface area is 93.1 Å². The highest BCUT2D eigenvalue weighted by Gasteiger charge is 2.21. The van der Waals surface area contributed by atoms with Crippen molar-refractivity contribution in [2.75, 3.05) is 13.6 Å². The first-order chi connectivity index (χ1) is 7.61. The summed E-state index contributed by atoms with van der Waals surface area (Å²) in [6, 6.07) is 4.79. The summed E-state index contributed by atoms with van der Waals surface area (Å²) in [5, 5.41) is 0. The molecule has 5 heteroatoms. The fraction of sp³-hybridized carbons (Fsp3) is 0.545. The topological polar surface area (TPSA) is 16.1 Å². The number of rotatable bonds is 1. The zero-order valence-electron chi connectivity index (χ0n) is 9.11. The number of halogens is 3. The Balaban J connectivity index is 0.000000280. The molecule has 2 nitrogen and oxygen atoms in total. The lowest BCUT2D eigenvalue weighted by molar-refractivity contribution is 0.00819. The zero-order chi connectivity index (χ0) is 12.0. The predicted molar refractivity (Wildman–Crippen MR) is 56.0 cm³/mol. The molecule has 1 aromatic rings. The Bertz CT molecular complexity index is 290. The molecule has 0 saturated carbocycles. The van der Waals surface area contributed by atoms with Crippen molar-refractivity contribution >= 4 is 0 Å². The number of alkyl halides is 3. The number of aromatic nitrogens is 1. The molecule has 16 heavy (non-hydrogen) atoms. The van der Waals surface area contributed by atoms with E-state index in [1.165, 1.54) is 24.9 Å². The van der Waals surface area contributed by atoms with Crippen LogP contribution in [0.3, 0.4) is 0 Å². The van der Waals surface area contributed by atoms with Gasteiger partial charge in [-0.25, -0.2) is 0 Å². The first-order valence-electron chi connectivity index (χ1n) is 5.13. The highest BCUT2D eigenvalue weighted by molar-refractivity contribution is 5.14. The molecule has 0 aliphatic carbocycles. The third-order valence-electron chi connectivity index (χ3n) is 2.59. The van der Waals surface area contributed by atoms with Crippen LogP contribution in [0.25, 0.3) is 0 Å². The van der Waals surface area contributed by atoms with Gasteiger partial charge in [-0.1, -0.05) is 6.07 Å². The maximum atomic E-state index is 9.67. The number of hydrogen-bond acceptors (Lipinski definition) is 2. The summed E-state index contributed by atoms with van der Waals surface area (Å²) >= 11 is 0. The van der Waals surface area contributed by atoms with Crippen LogP contribution in [0.1, 0.15) is 24.4 Å². The van der Waals surface area contributed by atoms with Crippen molar-refractivity contribution < 1.29 is 13.2 Å². The summed E-state index contributed by atoms with van der Waals surface area (Å²) in [5.74, 6) is 0. The van der Waals surface area contributed by atoms with E-state index in [0.29, 0.717) is 6.04 Å². The summed E-state index contributed by atoms with van der Waals surface area (Å²) in [6.45, 7) is -2.44. The Kier molecular flexibility index (Phi) is 5.25. The van der Waals surface area contributed by atoms with E-state index in [1.807, 2.05) is 18.5 Å². The molecule has 0 radical (unpaired) electrons. The van der Waals surface area contributed by atoms with Crippen molar-refractivity contribution in [1.82, 2.24) is 9.88 Å². The van der Waals surface area contributed by atoms with E-state index in [2.05, 4.69) is 23.0 Å². The van der Waals surface area contributed by atoms with Gasteiger partial charge in [-0.2, -0.15) is 13.2 Å². The third-order valence-corrected chi connectivity index (χ3v) is 2.59. The van der Waals surface area contributed by atoms with Gasteiger partial charge in [-0.05, 0) is 38.1 Å². The Morgan fingerprint density at radius 2 is 2.12 bits per heavy atom. The van der Waals surface area contributed by atoms with Crippen molar-refractivity contribution in [3.63, 3.8) is 0 Å². The van der Waals surface area contributed by atoms with Crippen LogP contribution in [-0.4, -0.2) is 30.2 Å². The fourth-order valence-electron chi connectivity index (χ4n) is 1.90. The predicted octanol–water partition coefficient (Wildman–Crippen LogP) is 3.03. The van der Waals surface area contributed by atoms with Crippen molar-refractivity contribution in [1.29, 1.82) is 0 Å². The molecule has 1 atom stereocenters. The minimum absolute atomic E-state index is 0.610. The average Bonchev–Trinajstić information content (AvgIpc) is 2.65. The molecule has 0 N–H and O–H groups in total. The standard InChI is InChI=1S/C10H14N2.CHF3/c1-12-7-3-5-10(12)9-4-2-6-11-8-9;2-1(3)4/h2,4,6,8,10H,3,5,7H2,1H3;1H. The van der Waals surface area contributed by atoms with Gasteiger partial charge in [-0.3, -0.25) is 9.88 Å². The van der Waals surface area contributed by atoms with Crippen LogP contribution in [0.2, 0.25) is 0 Å². The number of nitrogens with zero attached hydrogens (tertiary/aromatic N) is 2. The summed E-state index contributed by atoms with van der Waals surface area (Å²) < 4.78 is 29.0. The Hall–Kier alpha value is -1.10. The number of hydrogen-bond donors (Lipinski definition) is 0. The largest absolute Gasteiger partial charge is 0.379 e. The van der Waals surface area contributed by atoms with E-state index in [0.717, 1.165) is 0 Å². The zero-order valence-corrected chi connectivity index (χ0v) is 9.11. The first-order valence-corrected chi connectivity index (χ1v) is 5.13. The minimum Gasteiger partial charge on any atom is -0.299 e. The van der Waals surface area contributed by atoms with Crippen LogP contribution in [-0.2, 0) is 0 Å². The molecule has 1 aliphatic rings. The SMILES string of the molecule is CN1CCCC1c1cccnc1.FC(F)F. The molecule has 0 spiro atoms. The number of pyridine rings is 1. The molecule has 1 unspecified atom stereocenters. The Morgan fingerprint density at radius 1 is 1.44 bits per heavy atom. The molecule has 1 aliphatic heterocycles. The lowest BCUT2D eigenvalue weighted by Gasteiger charge is -2.18. The van der Waals surface area contributed by atoms with Crippen molar-refractivity contribution in [3.05, 3.63) is 30.1 Å². The minimum atomic E-state index is -3.67. The lowest BCUT2D eigenvalue weighted by atomic mass is 10.1. The molecular formula is C11H15F3N2. The summed E-state index contributed by atoms with van der Waals surface area (Å²) in [4.78, 5) is 6.54. The molecule has 1 fully saturated rings. The van der Waals surface area contributed by atoms with Crippen LogP contribution in [0.5, 0.6) is 0 Å². The molecule has 1 saturated heterocycles. The molecule has 90 valence electrons. The monoisotopic (exact) mass is 232 g/mol. The van der Waals surface area contributed by atoms with Gasteiger partial charge in [0.1, 0.15) is 0 Å². The van der Waals surface area contributed by atoms with Crippen LogP contribution < -0.4 is 0 Å². The van der Waals surface area contributed by atoms with Crippen molar-refractivity contribution in [3.8, 4) is 0 Å². The first kappa shape index (κ1) is 13.0. The van der Waals surface area contributed by atoms with Crippen molar-refractivity contribution in [2.45, 2.75) is 25.6 Å². The lowest BCUT2D eigenvalue weighted by Crippen LogP contribution is -2.17. The maximum Gasteiger partial charge on any atom is 0.379 e. The van der Waals surface area contributed by atoms with E-state index < -0.39 is 6.68 Å². The van der Waals surface area contributed by atoms with E-state index in [9.17, 15) is 13.2 Å². The quantitative estimate of drug-likeness (QED) is 0.739. The van der Waals surface area contributed by atoms with Crippen LogP contribution >= 0.6 is 0 Å². The summed E-state index contributed by atoms with van der Waals surface area (Å²) in [7, 11) is 2.19. The van der Waals surface area contributed by atoms with E-state index in [-0.39, 0.29) is 0 Å². The average molecular weight is 232 g/mol. The third kappa shape index (κ3) is 4.18. The number of likely N-dealkylation sites (tertiary alicyclic amines) is 1. The van der Waals surface area contributed by atoms with Gasteiger partial charge in [-0.15, -0.1) is 0 Å². The van der Waals surface area contributed by atoms with Crippen LogP contribution in [0.15, 0.2) is 24.5 Å². The van der Waals surface area contributed by atoms with Gasteiger partial charge in [0.15, 0.2) is 0 Å². The van der Waals surface area contributed by atoms with E-state index in [1.54, 1.807) is 0 Å². The van der Waals surface area contributed by atoms with Gasteiger partial charge in [0.2, 0.25) is 0 Å². The molecular weight excluding hydrogens is 217 g/mol. The summed E-state index contributed by atoms with van der Waals surface area (Å²) in [5.41, 5.74) is 1.36. The van der Waals surface area contributed by atoms with Gasteiger partial charge >= 0.3 is 6.68 Å². The highest BCUT2D eigenvalue weighted by atomic mass is 19.4. The van der Waals surface area contributed by atoms with Gasteiger partial charge in [0.25, 0.3) is 0 Å². The maximum absolute atomic E-state index is 9.67. The van der Waals surface area contributed by atoms with Crippen LogP contribution in [0, 0.1) is 0 Å².